The summed E-state index contributed by atoms with van der Waals surface area (Å²) < 4.78 is 0. The van der Waals surface area contributed by atoms with E-state index >= 15 is 0 Å². The van der Waals surface area contributed by atoms with Gasteiger partial charge in [0.1, 0.15) is 6.04 Å². The van der Waals surface area contributed by atoms with Crippen LogP contribution in [0.25, 0.3) is 0 Å². The zero-order valence-corrected chi connectivity index (χ0v) is 14.6. The van der Waals surface area contributed by atoms with Crippen LogP contribution in [0.5, 0.6) is 0 Å². The van der Waals surface area contributed by atoms with Crippen molar-refractivity contribution in [1.82, 2.24) is 9.80 Å². The summed E-state index contributed by atoms with van der Waals surface area (Å²) in [6.07, 6.45) is 2.40. The molecular weight excluding hydrogens is 314 g/mol. The van der Waals surface area contributed by atoms with Gasteiger partial charge < -0.3 is 14.9 Å². The summed E-state index contributed by atoms with van der Waals surface area (Å²) >= 11 is 0. The second-order valence-corrected chi connectivity index (χ2v) is 7.05. The lowest BCUT2D eigenvalue weighted by atomic mass is 9.75. The molecule has 1 aromatic carbocycles. The molecule has 5 nitrogen and oxygen atoms in total. The van der Waals surface area contributed by atoms with E-state index in [9.17, 15) is 15.2 Å². The van der Waals surface area contributed by atoms with Gasteiger partial charge in [0.05, 0.1) is 25.3 Å². The first-order valence-electron chi connectivity index (χ1n) is 8.63. The molecule has 1 saturated carbocycles. The van der Waals surface area contributed by atoms with Crippen LogP contribution < -0.4 is 0 Å². The summed E-state index contributed by atoms with van der Waals surface area (Å²) in [5.41, 5.74) is 1.93. The maximum absolute atomic E-state index is 12.4. The second-order valence-electron chi connectivity index (χ2n) is 7.05. The number of nitrogens with zero attached hydrogens (tertiary/aromatic N) is 3. The van der Waals surface area contributed by atoms with Crippen molar-refractivity contribution in [3.63, 3.8) is 0 Å². The average Bonchev–Trinajstić information content (AvgIpc) is 3.37. The number of aliphatic hydroxyl groups is 1. The van der Waals surface area contributed by atoms with Gasteiger partial charge >= 0.3 is 0 Å². The quantitative estimate of drug-likeness (QED) is 0.838. The highest BCUT2D eigenvalue weighted by Gasteiger charge is 2.51. The van der Waals surface area contributed by atoms with Gasteiger partial charge in [0.15, 0.2) is 0 Å². The number of carbonyl (C=O) groups excluding carboxylic acids is 1. The van der Waals surface area contributed by atoms with Gasteiger partial charge in [-0.2, -0.15) is 5.26 Å². The van der Waals surface area contributed by atoms with Crippen molar-refractivity contribution in [2.24, 2.45) is 5.92 Å². The van der Waals surface area contributed by atoms with Gasteiger partial charge in [-0.05, 0) is 44.6 Å². The molecule has 1 N–H and O–H groups in total. The van der Waals surface area contributed by atoms with Crippen LogP contribution in [-0.2, 0) is 4.79 Å². The number of likely N-dealkylation sites (tertiary alicyclic amines) is 1. The Balaban J connectivity index is 1.76. The highest BCUT2D eigenvalue weighted by molar-refractivity contribution is 5.81. The molecule has 1 heterocycles. The van der Waals surface area contributed by atoms with Crippen LogP contribution in [-0.4, -0.2) is 60.1 Å². The molecule has 1 amide bonds. The van der Waals surface area contributed by atoms with Crippen LogP contribution >= 0.6 is 0 Å². The lowest BCUT2D eigenvalue weighted by molar-refractivity contribution is -0.147. The number of rotatable bonds is 4. The first-order valence-corrected chi connectivity index (χ1v) is 8.63. The molecule has 0 radical (unpaired) electrons. The van der Waals surface area contributed by atoms with Crippen molar-refractivity contribution in [2.45, 2.75) is 30.8 Å². The van der Waals surface area contributed by atoms with Gasteiger partial charge in [0, 0.05) is 17.4 Å². The molecule has 1 aromatic rings. The molecule has 0 bridgehead atoms. The second kappa shape index (κ2) is 7.27. The number of benzene rings is 1. The zero-order valence-electron chi connectivity index (χ0n) is 14.6. The fraction of sp³-hybridized carbons (Fsp3) is 0.500. The van der Waals surface area contributed by atoms with E-state index in [-0.39, 0.29) is 31.0 Å². The van der Waals surface area contributed by atoms with E-state index in [4.69, 9.17) is 0 Å². The number of hydrogen-bond donors (Lipinski definition) is 1. The fourth-order valence-corrected chi connectivity index (χ4v) is 3.30. The monoisotopic (exact) mass is 337 g/mol. The SMILES string of the molecule is CN(C)CC(=O)N1[C@@H](C#N)[C@@H](c2ccc(C#CC3CC3)cc2)[C@@H]1CO. The van der Waals surface area contributed by atoms with Gasteiger partial charge in [-0.3, -0.25) is 4.79 Å². The van der Waals surface area contributed by atoms with E-state index in [1.54, 1.807) is 4.90 Å². The number of likely N-dealkylation sites (N-methyl/N-ethyl adjacent to an activating group) is 1. The molecule has 0 aromatic heterocycles. The minimum Gasteiger partial charge on any atom is -0.394 e. The Bertz CT molecular complexity index is 735. The average molecular weight is 337 g/mol. The predicted octanol–water partition coefficient (Wildman–Crippen LogP) is 1.19. The van der Waals surface area contributed by atoms with Crippen LogP contribution in [0, 0.1) is 29.1 Å². The molecule has 3 atom stereocenters. The van der Waals surface area contributed by atoms with Crippen LogP contribution in [0.1, 0.15) is 29.9 Å². The van der Waals surface area contributed by atoms with Gasteiger partial charge in [-0.1, -0.05) is 24.0 Å². The summed E-state index contributed by atoms with van der Waals surface area (Å²) in [5, 5.41) is 19.3. The van der Waals surface area contributed by atoms with Crippen molar-refractivity contribution in [3.05, 3.63) is 35.4 Å². The van der Waals surface area contributed by atoms with Crippen LogP contribution in [0.4, 0.5) is 0 Å². The molecular formula is C20H23N3O2. The lowest BCUT2D eigenvalue weighted by Gasteiger charge is -2.51. The number of nitriles is 1. The number of hydrogen-bond acceptors (Lipinski definition) is 4. The van der Waals surface area contributed by atoms with E-state index < -0.39 is 6.04 Å². The topological polar surface area (TPSA) is 67.6 Å². The zero-order chi connectivity index (χ0) is 18.0. The van der Waals surface area contributed by atoms with Crippen molar-refractivity contribution in [3.8, 4) is 17.9 Å². The fourth-order valence-electron chi connectivity index (χ4n) is 3.30. The standard InChI is InChI=1S/C20H23N3O2/c1-22(2)12-19(25)23-17(11-21)20(18(23)13-24)16-9-7-15(8-10-16)6-5-14-3-4-14/h7-10,14,17-18,20,24H,3-4,12-13H2,1-2H3/t17-,18-,20+/m0/s1. The van der Waals surface area contributed by atoms with Crippen LogP contribution in [0.15, 0.2) is 24.3 Å². The van der Waals surface area contributed by atoms with E-state index in [0.717, 1.165) is 11.1 Å². The Morgan fingerprint density at radius 1 is 1.32 bits per heavy atom. The molecule has 0 spiro atoms. The predicted molar refractivity (Wildman–Crippen MR) is 94.5 cm³/mol. The van der Waals surface area contributed by atoms with Gasteiger partial charge in [0.25, 0.3) is 0 Å². The van der Waals surface area contributed by atoms with E-state index in [0.29, 0.717) is 5.92 Å². The Morgan fingerprint density at radius 2 is 2.00 bits per heavy atom. The van der Waals surface area contributed by atoms with E-state index in [1.807, 2.05) is 38.4 Å². The molecule has 2 aliphatic rings. The largest absolute Gasteiger partial charge is 0.394 e. The highest BCUT2D eigenvalue weighted by Crippen LogP contribution is 2.40. The highest BCUT2D eigenvalue weighted by atomic mass is 16.3. The summed E-state index contributed by atoms with van der Waals surface area (Å²) in [5.74, 6) is 6.68. The van der Waals surface area contributed by atoms with Crippen LogP contribution in [0.2, 0.25) is 0 Å². The molecule has 1 aliphatic carbocycles. The maximum Gasteiger partial charge on any atom is 0.238 e. The minimum absolute atomic E-state index is 0.126. The Morgan fingerprint density at radius 3 is 2.52 bits per heavy atom. The van der Waals surface area contributed by atoms with Crippen LogP contribution in [0.3, 0.4) is 0 Å². The summed E-state index contributed by atoms with van der Waals surface area (Å²) in [4.78, 5) is 15.7. The van der Waals surface area contributed by atoms with E-state index in [1.165, 1.54) is 17.7 Å². The molecule has 1 aliphatic heterocycles. The lowest BCUT2D eigenvalue weighted by Crippen LogP contribution is -2.66. The smallest absolute Gasteiger partial charge is 0.238 e. The maximum atomic E-state index is 12.4. The van der Waals surface area contributed by atoms with Crippen molar-refractivity contribution >= 4 is 5.91 Å². The molecule has 3 rings (SSSR count). The molecule has 1 saturated heterocycles. The summed E-state index contributed by atoms with van der Waals surface area (Å²) in [6, 6.07) is 9.18. The first-order chi connectivity index (χ1) is 12.0. The Kier molecular flexibility index (Phi) is 5.08. The first kappa shape index (κ1) is 17.5. The molecule has 130 valence electrons. The molecule has 25 heavy (non-hydrogen) atoms. The van der Waals surface area contributed by atoms with E-state index in [2.05, 4.69) is 17.9 Å². The van der Waals surface area contributed by atoms with Crippen molar-refractivity contribution in [1.29, 1.82) is 5.26 Å². The Labute approximate surface area is 148 Å². The van der Waals surface area contributed by atoms with Crippen molar-refractivity contribution < 1.29 is 9.90 Å². The molecule has 5 heteroatoms. The third-order valence-corrected chi connectivity index (χ3v) is 4.76. The van der Waals surface area contributed by atoms with Gasteiger partial charge in [0.2, 0.25) is 5.91 Å². The van der Waals surface area contributed by atoms with Crippen molar-refractivity contribution in [2.75, 3.05) is 27.2 Å². The normalized spacial score (nSPS) is 24.9. The van der Waals surface area contributed by atoms with Gasteiger partial charge in [-0.25, -0.2) is 0 Å². The number of amides is 1. The third kappa shape index (κ3) is 3.69. The van der Waals surface area contributed by atoms with Gasteiger partial charge in [-0.15, -0.1) is 0 Å². The molecule has 0 unspecified atom stereocenters. The minimum atomic E-state index is -0.534. The third-order valence-electron chi connectivity index (χ3n) is 4.76. The summed E-state index contributed by atoms with van der Waals surface area (Å²) in [6.45, 7) is 0.0857. The molecule has 2 fully saturated rings. The number of carbonyl (C=O) groups is 1. The Hall–Kier alpha value is -2.34. The number of aliphatic hydroxyl groups excluding tert-OH is 1. The summed E-state index contributed by atoms with van der Waals surface area (Å²) in [7, 11) is 3.62.